The summed E-state index contributed by atoms with van der Waals surface area (Å²) in [5.74, 6) is 0.428. The minimum Gasteiger partial charge on any atom is -0.329 e. The lowest BCUT2D eigenvalue weighted by Gasteiger charge is -2.21. The molecule has 2 aromatic heterocycles. The summed E-state index contributed by atoms with van der Waals surface area (Å²) >= 11 is 0. The molecule has 0 radical (unpaired) electrons. The number of hydrogen-bond donors (Lipinski definition) is 2. The minimum atomic E-state index is -0.154. The third-order valence-electron chi connectivity index (χ3n) is 4.21. The van der Waals surface area contributed by atoms with Gasteiger partial charge in [0.05, 0.1) is 6.54 Å². The lowest BCUT2D eigenvalue weighted by atomic mass is 9.88. The zero-order chi connectivity index (χ0) is 16.5. The van der Waals surface area contributed by atoms with Gasteiger partial charge in [0.2, 0.25) is 11.5 Å². The first kappa shape index (κ1) is 14.4. The van der Waals surface area contributed by atoms with Crippen molar-refractivity contribution in [1.82, 2.24) is 14.8 Å². The number of aromatic nitrogens is 3. The number of aromatic amines is 1. The number of nitrogens with zero attached hydrogens (tertiary/aromatic N) is 2. The molecule has 0 saturated heterocycles. The summed E-state index contributed by atoms with van der Waals surface area (Å²) in [6, 6.07) is 13.3. The van der Waals surface area contributed by atoms with E-state index in [2.05, 4.69) is 15.4 Å². The predicted molar refractivity (Wildman–Crippen MR) is 89.9 cm³/mol. The Bertz CT molecular complexity index is 923. The molecule has 120 valence electrons. The molecule has 6 heteroatoms. The smallest absolute Gasteiger partial charge is 0.247 e. The quantitative estimate of drug-likeness (QED) is 0.775. The van der Waals surface area contributed by atoms with Gasteiger partial charge in [-0.15, -0.1) is 0 Å². The second-order valence-corrected chi connectivity index (χ2v) is 5.91. The average Bonchev–Trinajstić information content (AvgIpc) is 2.98. The molecule has 6 nitrogen and oxygen atoms in total. The van der Waals surface area contributed by atoms with E-state index in [1.807, 2.05) is 41.2 Å². The topological polar surface area (TPSA) is 79.8 Å². The van der Waals surface area contributed by atoms with Crippen molar-refractivity contribution in [1.29, 1.82) is 0 Å². The Morgan fingerprint density at radius 2 is 1.96 bits per heavy atom. The van der Waals surface area contributed by atoms with E-state index in [-0.39, 0.29) is 17.4 Å². The second kappa shape index (κ2) is 5.81. The Kier molecular flexibility index (Phi) is 3.49. The summed E-state index contributed by atoms with van der Waals surface area (Å²) in [6.07, 6.45) is 3.98. The number of amides is 1. The molecule has 1 aliphatic heterocycles. The number of hydrogen-bond acceptors (Lipinski definition) is 3. The molecule has 0 fully saturated rings. The number of rotatable bonds is 3. The molecule has 1 amide bonds. The van der Waals surface area contributed by atoms with E-state index >= 15 is 0 Å². The fourth-order valence-corrected chi connectivity index (χ4v) is 3.06. The average molecular weight is 320 g/mol. The van der Waals surface area contributed by atoms with Crippen LogP contribution in [0.5, 0.6) is 0 Å². The Hall–Kier alpha value is -3.15. The van der Waals surface area contributed by atoms with Crippen LogP contribution in [-0.2, 0) is 11.3 Å². The van der Waals surface area contributed by atoms with Crippen LogP contribution >= 0.6 is 0 Å². The van der Waals surface area contributed by atoms with Crippen LogP contribution in [0.2, 0.25) is 0 Å². The zero-order valence-electron chi connectivity index (χ0n) is 12.9. The van der Waals surface area contributed by atoms with Gasteiger partial charge in [-0.25, -0.2) is 0 Å². The van der Waals surface area contributed by atoms with E-state index in [0.717, 1.165) is 16.7 Å². The highest BCUT2D eigenvalue weighted by molar-refractivity contribution is 5.94. The van der Waals surface area contributed by atoms with Gasteiger partial charge >= 0.3 is 0 Å². The first-order valence-electron chi connectivity index (χ1n) is 7.79. The molecule has 0 bridgehead atoms. The van der Waals surface area contributed by atoms with Crippen LogP contribution in [0.1, 0.15) is 29.0 Å². The number of benzene rings is 1. The van der Waals surface area contributed by atoms with Crippen molar-refractivity contribution in [3.05, 3.63) is 81.9 Å². The van der Waals surface area contributed by atoms with E-state index in [1.54, 1.807) is 12.3 Å². The van der Waals surface area contributed by atoms with Crippen LogP contribution in [-0.4, -0.2) is 20.7 Å². The van der Waals surface area contributed by atoms with Crippen LogP contribution in [0.3, 0.4) is 0 Å². The van der Waals surface area contributed by atoms with Crippen LogP contribution < -0.4 is 10.9 Å². The molecule has 3 aromatic rings. The molecule has 1 atom stereocenters. The monoisotopic (exact) mass is 320 g/mol. The van der Waals surface area contributed by atoms with Crippen molar-refractivity contribution in [3.63, 3.8) is 0 Å². The molecule has 1 aliphatic rings. The summed E-state index contributed by atoms with van der Waals surface area (Å²) in [7, 11) is 0. The molecular weight excluding hydrogens is 304 g/mol. The molecular formula is C18H16N4O2. The number of carbonyl (C=O) groups is 1. The van der Waals surface area contributed by atoms with Gasteiger partial charge in [-0.3, -0.25) is 14.3 Å². The number of anilines is 1. The van der Waals surface area contributed by atoms with Crippen molar-refractivity contribution in [2.45, 2.75) is 18.9 Å². The highest BCUT2D eigenvalue weighted by Gasteiger charge is 2.29. The fraction of sp³-hybridized carbons (Fsp3) is 0.167. The molecule has 0 saturated carbocycles. The van der Waals surface area contributed by atoms with Crippen molar-refractivity contribution in [2.24, 2.45) is 0 Å². The standard InChI is InChI=1S/C18H16N4O2/c23-16-7-6-13(9-19-16)14-8-17(24)20-18-15(14)11-22(21-18)10-12-4-2-1-3-5-12/h1-7,9,11,14H,8,10H2,(H,19,23)(H,20,21,24). The van der Waals surface area contributed by atoms with Crippen LogP contribution in [0, 0.1) is 0 Å². The highest BCUT2D eigenvalue weighted by atomic mass is 16.1. The first-order valence-corrected chi connectivity index (χ1v) is 7.79. The number of H-pyrrole nitrogens is 1. The number of nitrogens with one attached hydrogen (secondary N) is 2. The molecule has 0 aliphatic carbocycles. The summed E-state index contributed by atoms with van der Waals surface area (Å²) in [4.78, 5) is 26.0. The van der Waals surface area contributed by atoms with E-state index in [4.69, 9.17) is 0 Å². The summed E-state index contributed by atoms with van der Waals surface area (Å²) in [6.45, 7) is 0.641. The predicted octanol–water partition coefficient (Wildman–Crippen LogP) is 2.09. The van der Waals surface area contributed by atoms with Gasteiger partial charge in [0, 0.05) is 36.4 Å². The maximum Gasteiger partial charge on any atom is 0.247 e. The highest BCUT2D eigenvalue weighted by Crippen LogP contribution is 2.35. The first-order chi connectivity index (χ1) is 11.7. The Labute approximate surface area is 138 Å². The van der Waals surface area contributed by atoms with Gasteiger partial charge < -0.3 is 10.3 Å². The summed E-state index contributed by atoms with van der Waals surface area (Å²) in [5.41, 5.74) is 2.87. The van der Waals surface area contributed by atoms with E-state index in [1.165, 1.54) is 6.07 Å². The molecule has 4 rings (SSSR count). The van der Waals surface area contributed by atoms with Crippen molar-refractivity contribution in [2.75, 3.05) is 5.32 Å². The van der Waals surface area contributed by atoms with Crippen LogP contribution in [0.4, 0.5) is 5.82 Å². The van der Waals surface area contributed by atoms with Crippen molar-refractivity contribution >= 4 is 11.7 Å². The van der Waals surface area contributed by atoms with E-state index < -0.39 is 0 Å². The van der Waals surface area contributed by atoms with Crippen molar-refractivity contribution < 1.29 is 4.79 Å². The number of carbonyl (C=O) groups excluding carboxylic acids is 1. The normalized spacial score (nSPS) is 16.5. The van der Waals surface area contributed by atoms with E-state index in [0.29, 0.717) is 18.8 Å². The third kappa shape index (κ3) is 2.74. The van der Waals surface area contributed by atoms with Crippen molar-refractivity contribution in [3.8, 4) is 0 Å². The molecule has 0 spiro atoms. The molecule has 2 N–H and O–H groups in total. The Morgan fingerprint density at radius 1 is 1.12 bits per heavy atom. The third-order valence-corrected chi connectivity index (χ3v) is 4.21. The Balaban J connectivity index is 1.69. The number of fused-ring (bicyclic) bond motifs is 1. The Morgan fingerprint density at radius 3 is 2.71 bits per heavy atom. The summed E-state index contributed by atoms with van der Waals surface area (Å²) in [5, 5.41) is 7.34. The van der Waals surface area contributed by atoms with Crippen LogP contribution in [0.15, 0.2) is 59.7 Å². The van der Waals surface area contributed by atoms with E-state index in [9.17, 15) is 9.59 Å². The second-order valence-electron chi connectivity index (χ2n) is 5.91. The van der Waals surface area contributed by atoms with Gasteiger partial charge in [0.1, 0.15) is 0 Å². The zero-order valence-corrected chi connectivity index (χ0v) is 12.9. The van der Waals surface area contributed by atoms with Crippen LogP contribution in [0.25, 0.3) is 0 Å². The van der Waals surface area contributed by atoms with Gasteiger partial charge in [-0.05, 0) is 11.1 Å². The lowest BCUT2D eigenvalue weighted by Crippen LogP contribution is -2.23. The molecule has 1 aromatic carbocycles. The lowest BCUT2D eigenvalue weighted by molar-refractivity contribution is -0.116. The van der Waals surface area contributed by atoms with Gasteiger partial charge in [-0.1, -0.05) is 36.4 Å². The SMILES string of the molecule is O=C1CC(c2ccc(=O)[nH]c2)c2cn(Cc3ccccc3)nc2N1. The van der Waals surface area contributed by atoms with Gasteiger partial charge in [-0.2, -0.15) is 5.10 Å². The van der Waals surface area contributed by atoms with Gasteiger partial charge in [0.15, 0.2) is 5.82 Å². The molecule has 24 heavy (non-hydrogen) atoms. The molecule has 1 unspecified atom stereocenters. The molecule has 3 heterocycles. The fourth-order valence-electron chi connectivity index (χ4n) is 3.06. The minimum absolute atomic E-state index is 0.0661. The maximum absolute atomic E-state index is 12.0. The number of pyridine rings is 1. The largest absolute Gasteiger partial charge is 0.329 e. The summed E-state index contributed by atoms with van der Waals surface area (Å²) < 4.78 is 1.84. The van der Waals surface area contributed by atoms with Gasteiger partial charge in [0.25, 0.3) is 0 Å². The maximum atomic E-state index is 12.0.